The highest BCUT2D eigenvalue weighted by Crippen LogP contribution is 2.30. The van der Waals surface area contributed by atoms with Gasteiger partial charge in [0.1, 0.15) is 12.4 Å². The van der Waals surface area contributed by atoms with Crippen molar-refractivity contribution in [2.45, 2.75) is 70.7 Å². The van der Waals surface area contributed by atoms with Crippen LogP contribution in [0.1, 0.15) is 64.9 Å². The first-order chi connectivity index (χ1) is 17.5. The molecule has 2 aromatic carbocycles. The molecule has 0 bridgehead atoms. The molecule has 0 radical (unpaired) electrons. The van der Waals surface area contributed by atoms with E-state index >= 15 is 0 Å². The van der Waals surface area contributed by atoms with Crippen LogP contribution >= 0.6 is 13.5 Å². The number of β-amino-alcohol motifs (C(OH)–C–C–N with tert-alkyl or cyclic N) is 1. The molecule has 3 aromatic rings. The minimum absolute atomic E-state index is 0. The number of benzene rings is 2. The maximum atomic E-state index is 12.8. The van der Waals surface area contributed by atoms with E-state index in [1.54, 1.807) is 6.20 Å². The zero-order chi connectivity index (χ0) is 24.9. The number of Topliss-reactive ketones (excluding diaryl/α,β-unsaturated/α-hetero) is 1. The van der Waals surface area contributed by atoms with Crippen LogP contribution in [0.3, 0.4) is 0 Å². The second-order valence-electron chi connectivity index (χ2n) is 10.0. The second-order valence-corrected chi connectivity index (χ2v) is 10.0. The molecule has 0 spiro atoms. The van der Waals surface area contributed by atoms with E-state index in [1.165, 1.54) is 36.8 Å². The van der Waals surface area contributed by atoms with E-state index in [9.17, 15) is 9.90 Å². The van der Waals surface area contributed by atoms with Crippen molar-refractivity contribution in [2.24, 2.45) is 0 Å². The number of anilines is 1. The lowest BCUT2D eigenvalue weighted by atomic mass is 9.93. The molecule has 2 aliphatic rings. The van der Waals surface area contributed by atoms with Crippen LogP contribution in [0.5, 0.6) is 5.75 Å². The third-order valence-electron chi connectivity index (χ3n) is 7.41. The molecular weight excluding hydrogens is 486 g/mol. The highest BCUT2D eigenvalue weighted by Gasteiger charge is 2.22. The lowest BCUT2D eigenvalue weighted by molar-refractivity contribution is 0.0836. The van der Waals surface area contributed by atoms with Crippen LogP contribution in [0, 0.1) is 6.92 Å². The molecule has 2 heterocycles. The van der Waals surface area contributed by atoms with E-state index in [4.69, 9.17) is 9.15 Å². The van der Waals surface area contributed by atoms with Crippen molar-refractivity contribution in [2.75, 3.05) is 18.4 Å². The summed E-state index contributed by atoms with van der Waals surface area (Å²) in [6, 6.07) is 12.4. The number of aliphatic hydroxyl groups is 1. The molecule has 0 saturated heterocycles. The van der Waals surface area contributed by atoms with E-state index in [0.29, 0.717) is 37.8 Å². The largest absolute Gasteiger partial charge is 0.485 e. The number of aliphatic hydroxyl groups excluding tert-OH is 1. The van der Waals surface area contributed by atoms with Crippen molar-refractivity contribution in [3.05, 3.63) is 77.0 Å². The molecule has 7 nitrogen and oxygen atoms in total. The molecular formula is C29H37N3O4S. The number of hydrogen-bond donors (Lipinski definition) is 2. The smallest absolute Gasteiger partial charge is 0.181 e. The van der Waals surface area contributed by atoms with Gasteiger partial charge in [-0.25, -0.2) is 4.98 Å². The monoisotopic (exact) mass is 523 g/mol. The number of ketones is 1. The fourth-order valence-electron chi connectivity index (χ4n) is 5.05. The van der Waals surface area contributed by atoms with Gasteiger partial charge >= 0.3 is 0 Å². The lowest BCUT2D eigenvalue weighted by Gasteiger charge is -2.31. The predicted octanol–water partition coefficient (Wildman–Crippen LogP) is 5.02. The first-order valence-electron chi connectivity index (χ1n) is 13.0. The Morgan fingerprint density at radius 2 is 2.16 bits per heavy atom. The highest BCUT2D eigenvalue weighted by atomic mass is 32.1. The van der Waals surface area contributed by atoms with Crippen molar-refractivity contribution in [3.8, 4) is 5.75 Å². The van der Waals surface area contributed by atoms with Gasteiger partial charge in [0.05, 0.1) is 12.3 Å². The maximum Gasteiger partial charge on any atom is 0.181 e. The molecule has 0 unspecified atom stereocenters. The van der Waals surface area contributed by atoms with Crippen molar-refractivity contribution >= 4 is 25.0 Å². The second kappa shape index (κ2) is 12.6. The molecule has 8 heteroatoms. The molecule has 2 N–H and O–H groups in total. The Kier molecular flexibility index (Phi) is 9.29. The van der Waals surface area contributed by atoms with Gasteiger partial charge in [-0.2, -0.15) is 13.5 Å². The Hall–Kier alpha value is -2.81. The topological polar surface area (TPSA) is 87.8 Å². The minimum Gasteiger partial charge on any atom is -0.485 e. The highest BCUT2D eigenvalue weighted by molar-refractivity contribution is 7.59. The lowest BCUT2D eigenvalue weighted by Crippen LogP contribution is -2.37. The van der Waals surface area contributed by atoms with E-state index in [-0.39, 0.29) is 19.3 Å². The minimum atomic E-state index is -0.530. The molecule has 1 atom stereocenters. The third-order valence-corrected chi connectivity index (χ3v) is 7.41. The molecule has 1 aliphatic heterocycles. The summed E-state index contributed by atoms with van der Waals surface area (Å²) in [7, 11) is 0. The fourth-order valence-corrected chi connectivity index (χ4v) is 5.05. The molecule has 5 rings (SSSR count). The quantitative estimate of drug-likeness (QED) is 0.341. The molecule has 1 aromatic heterocycles. The summed E-state index contributed by atoms with van der Waals surface area (Å²) in [6.45, 7) is 4.69. The van der Waals surface area contributed by atoms with Gasteiger partial charge in [0.25, 0.3) is 0 Å². The Labute approximate surface area is 225 Å². The number of hydrogen-bond acceptors (Lipinski definition) is 7. The average Bonchev–Trinajstić information content (AvgIpc) is 3.38. The fraction of sp³-hybridized carbons (Fsp3) is 0.448. The number of carbonyl (C=O) groups excluding carboxylic acids is 1. The summed E-state index contributed by atoms with van der Waals surface area (Å²) in [5, 5.41) is 14.2. The van der Waals surface area contributed by atoms with Gasteiger partial charge in [0.15, 0.2) is 17.9 Å². The van der Waals surface area contributed by atoms with Gasteiger partial charge in [0, 0.05) is 43.3 Å². The number of aromatic nitrogens is 1. The summed E-state index contributed by atoms with van der Waals surface area (Å²) in [4.78, 5) is 18.9. The van der Waals surface area contributed by atoms with Crippen molar-refractivity contribution < 1.29 is 19.1 Å². The number of rotatable bonds is 11. The van der Waals surface area contributed by atoms with Gasteiger partial charge in [-0.15, -0.1) is 0 Å². The molecule has 37 heavy (non-hydrogen) atoms. The van der Waals surface area contributed by atoms with E-state index in [0.717, 1.165) is 42.1 Å². The molecule has 1 fully saturated rings. The van der Waals surface area contributed by atoms with Crippen LogP contribution in [-0.4, -0.2) is 46.0 Å². The van der Waals surface area contributed by atoms with Crippen LogP contribution in [-0.2, 0) is 19.6 Å². The van der Waals surface area contributed by atoms with Gasteiger partial charge < -0.3 is 19.6 Å². The zero-order valence-electron chi connectivity index (χ0n) is 21.4. The number of nitrogens with one attached hydrogen (secondary N) is 1. The van der Waals surface area contributed by atoms with E-state index < -0.39 is 6.10 Å². The number of carbonyl (C=O) groups is 1. The Balaban J connectivity index is 0.00000320. The molecule has 1 aliphatic carbocycles. The molecule has 0 amide bonds. The van der Waals surface area contributed by atoms with Crippen molar-refractivity contribution in [1.29, 1.82) is 0 Å². The maximum absolute atomic E-state index is 12.8. The van der Waals surface area contributed by atoms with Gasteiger partial charge in [-0.3, -0.25) is 9.69 Å². The van der Waals surface area contributed by atoms with Gasteiger partial charge in [-0.1, -0.05) is 18.2 Å². The SMILES string of the molecule is Cc1c(OCc2cnco2)ccc2c1CCN(C[C@@H](O)CCC(=O)c1cccc(NC3CCC3)c1)C2.S. The third kappa shape index (κ3) is 6.94. The molecule has 198 valence electrons. The number of oxazole rings is 1. The standard InChI is InChI=1S/C29H35N3O4.H2S/c1-20-27-12-13-32(16-22(27)8-11-29(20)35-18-26-15-30-19-36-26)17-25(33)9-10-28(34)21-4-2-7-24(14-21)31-23-5-3-6-23;/h2,4,7-8,11,14-15,19,23,25,31,33H,3,5-6,9-10,12-13,16-18H2,1H3;1H2/t25-;/m0./s1. The average molecular weight is 524 g/mol. The number of fused-ring (bicyclic) bond motifs is 1. The Morgan fingerprint density at radius 3 is 2.92 bits per heavy atom. The van der Waals surface area contributed by atoms with E-state index in [1.807, 2.05) is 30.3 Å². The number of ether oxygens (including phenoxy) is 1. The summed E-state index contributed by atoms with van der Waals surface area (Å²) in [5.41, 5.74) is 5.48. The molecule has 1 saturated carbocycles. The summed E-state index contributed by atoms with van der Waals surface area (Å²) >= 11 is 0. The predicted molar refractivity (Wildman–Crippen MR) is 149 cm³/mol. The van der Waals surface area contributed by atoms with Crippen LogP contribution in [0.2, 0.25) is 0 Å². The normalized spacial score (nSPS) is 16.3. The first kappa shape index (κ1) is 27.2. The Bertz CT molecular complexity index is 1180. The Morgan fingerprint density at radius 1 is 1.30 bits per heavy atom. The number of nitrogens with zero attached hydrogens (tertiary/aromatic N) is 2. The van der Waals surface area contributed by atoms with Crippen LogP contribution in [0.25, 0.3) is 0 Å². The van der Waals surface area contributed by atoms with Crippen LogP contribution in [0.4, 0.5) is 5.69 Å². The van der Waals surface area contributed by atoms with Crippen molar-refractivity contribution in [3.63, 3.8) is 0 Å². The first-order valence-corrected chi connectivity index (χ1v) is 13.0. The zero-order valence-corrected chi connectivity index (χ0v) is 22.4. The van der Waals surface area contributed by atoms with Gasteiger partial charge in [-0.05, 0) is 73.9 Å². The summed E-state index contributed by atoms with van der Waals surface area (Å²) in [5.74, 6) is 1.65. The van der Waals surface area contributed by atoms with Gasteiger partial charge in [0.2, 0.25) is 0 Å². The van der Waals surface area contributed by atoms with Crippen LogP contribution < -0.4 is 10.1 Å². The summed E-state index contributed by atoms with van der Waals surface area (Å²) < 4.78 is 11.2. The van der Waals surface area contributed by atoms with E-state index in [2.05, 4.69) is 28.2 Å². The van der Waals surface area contributed by atoms with Crippen molar-refractivity contribution in [1.82, 2.24) is 9.88 Å². The van der Waals surface area contributed by atoms with Crippen LogP contribution in [0.15, 0.2) is 53.4 Å². The summed E-state index contributed by atoms with van der Waals surface area (Å²) in [6.07, 6.45) is 7.94.